The molecule has 0 bridgehead atoms. The molecule has 0 atom stereocenters. The van der Waals surface area contributed by atoms with Crippen LogP contribution in [-0.4, -0.2) is 36.7 Å². The highest BCUT2D eigenvalue weighted by Gasteiger charge is 2.21. The molecule has 0 amide bonds. The van der Waals surface area contributed by atoms with E-state index in [4.69, 9.17) is 0 Å². The predicted octanol–water partition coefficient (Wildman–Crippen LogP) is 1.37. The fraction of sp³-hybridized carbons (Fsp3) is 0.125. The van der Waals surface area contributed by atoms with Gasteiger partial charge in [-0.25, -0.2) is 9.59 Å². The number of hydrogen-bond donors (Lipinski definition) is 0. The summed E-state index contributed by atoms with van der Waals surface area (Å²) in [5.74, 6) is -3.00. The molecule has 0 saturated heterocycles. The van der Waals surface area contributed by atoms with E-state index in [1.54, 1.807) is 0 Å². The van der Waals surface area contributed by atoms with Gasteiger partial charge in [0, 0.05) is 0 Å². The zero-order valence-corrected chi connectivity index (χ0v) is 12.6. The van der Waals surface area contributed by atoms with E-state index >= 15 is 0 Å². The van der Waals surface area contributed by atoms with Crippen LogP contribution in [0.5, 0.6) is 0 Å². The Morgan fingerprint density at radius 2 is 1.17 bits per heavy atom. The molecule has 0 saturated carbocycles. The maximum atomic E-state index is 11.9. The Balaban J connectivity index is 2.69. The van der Waals surface area contributed by atoms with Gasteiger partial charge in [-0.15, -0.1) is 0 Å². The fourth-order valence-electron chi connectivity index (χ4n) is 1.33. The Hall–Kier alpha value is -3.10. The molecule has 0 N–H and O–H groups in total. The van der Waals surface area contributed by atoms with Gasteiger partial charge in [-0.2, -0.15) is 9.78 Å². The third-order valence-corrected chi connectivity index (χ3v) is 2.49. The summed E-state index contributed by atoms with van der Waals surface area (Å²) in [6.07, 6.45) is 2.00. The summed E-state index contributed by atoms with van der Waals surface area (Å²) < 4.78 is 0. The Morgan fingerprint density at radius 1 is 0.792 bits per heavy atom. The molecule has 0 spiro atoms. The third-order valence-electron chi connectivity index (χ3n) is 2.49. The van der Waals surface area contributed by atoms with Crippen LogP contribution in [0.25, 0.3) is 0 Å². The molecular formula is C16H14O8. The van der Waals surface area contributed by atoms with E-state index in [0.29, 0.717) is 0 Å². The average molecular weight is 334 g/mol. The van der Waals surface area contributed by atoms with Crippen LogP contribution >= 0.6 is 0 Å². The SMILES string of the molecule is C=CC(=O)COOC(=O)c1ccccc1C(=O)OOCC(=O)C=C. The summed E-state index contributed by atoms with van der Waals surface area (Å²) in [6.45, 7) is 5.44. The molecule has 0 aliphatic carbocycles. The molecular weight excluding hydrogens is 320 g/mol. The van der Waals surface area contributed by atoms with Gasteiger partial charge in [-0.3, -0.25) is 19.4 Å². The van der Waals surface area contributed by atoms with Gasteiger partial charge in [0.1, 0.15) is 0 Å². The summed E-state index contributed by atoms with van der Waals surface area (Å²) in [4.78, 5) is 63.4. The van der Waals surface area contributed by atoms with Gasteiger partial charge in [0.25, 0.3) is 0 Å². The zero-order valence-electron chi connectivity index (χ0n) is 12.6. The Morgan fingerprint density at radius 3 is 1.50 bits per heavy atom. The zero-order chi connectivity index (χ0) is 17.9. The number of hydrogen-bond acceptors (Lipinski definition) is 8. The van der Waals surface area contributed by atoms with Crippen LogP contribution in [-0.2, 0) is 29.1 Å². The van der Waals surface area contributed by atoms with Crippen molar-refractivity contribution in [1.82, 2.24) is 0 Å². The highest BCUT2D eigenvalue weighted by Crippen LogP contribution is 2.12. The van der Waals surface area contributed by atoms with Crippen LogP contribution in [0.3, 0.4) is 0 Å². The maximum Gasteiger partial charge on any atom is 0.373 e. The molecule has 24 heavy (non-hydrogen) atoms. The molecule has 1 rings (SSSR count). The van der Waals surface area contributed by atoms with Crippen molar-refractivity contribution in [3.05, 3.63) is 60.7 Å². The summed E-state index contributed by atoms with van der Waals surface area (Å²) in [5, 5.41) is 0. The van der Waals surface area contributed by atoms with Crippen LogP contribution in [0.2, 0.25) is 0 Å². The third kappa shape index (κ3) is 5.95. The first-order valence-corrected chi connectivity index (χ1v) is 6.56. The summed E-state index contributed by atoms with van der Waals surface area (Å²) in [7, 11) is 0. The molecule has 8 heteroatoms. The standard InChI is InChI=1S/C16H14O8/c1-3-11(17)9-21-23-15(19)13-7-5-6-8-14(13)16(20)24-22-10-12(18)4-2/h3-8H,1-2,9-10H2. The van der Waals surface area contributed by atoms with Crippen LogP contribution in [0.1, 0.15) is 20.7 Å². The van der Waals surface area contributed by atoms with E-state index < -0.39 is 36.7 Å². The van der Waals surface area contributed by atoms with Crippen LogP contribution in [0, 0.1) is 0 Å². The van der Waals surface area contributed by atoms with E-state index in [2.05, 4.69) is 32.7 Å². The van der Waals surface area contributed by atoms with Crippen molar-refractivity contribution in [2.24, 2.45) is 0 Å². The lowest BCUT2D eigenvalue weighted by Crippen LogP contribution is -2.17. The number of ketones is 2. The second kappa shape index (κ2) is 9.82. The second-order valence-electron chi connectivity index (χ2n) is 4.15. The van der Waals surface area contributed by atoms with Crippen molar-refractivity contribution in [2.45, 2.75) is 0 Å². The lowest BCUT2D eigenvalue weighted by Gasteiger charge is -2.07. The maximum absolute atomic E-state index is 11.9. The minimum Gasteiger partial charge on any atom is -0.292 e. The van der Waals surface area contributed by atoms with E-state index in [0.717, 1.165) is 12.2 Å². The number of carbonyl (C=O) groups is 4. The molecule has 0 aromatic heterocycles. The average Bonchev–Trinajstić information content (AvgIpc) is 2.60. The number of carbonyl (C=O) groups excluding carboxylic acids is 4. The first kappa shape index (κ1) is 18.9. The van der Waals surface area contributed by atoms with Gasteiger partial charge in [0.15, 0.2) is 24.8 Å². The molecule has 8 nitrogen and oxygen atoms in total. The van der Waals surface area contributed by atoms with Crippen molar-refractivity contribution < 1.29 is 38.7 Å². The highest BCUT2D eigenvalue weighted by molar-refractivity contribution is 6.02. The van der Waals surface area contributed by atoms with Crippen molar-refractivity contribution in [3.8, 4) is 0 Å². The van der Waals surface area contributed by atoms with E-state index in [1.807, 2.05) is 0 Å². The van der Waals surface area contributed by atoms with E-state index in [1.165, 1.54) is 24.3 Å². The van der Waals surface area contributed by atoms with E-state index in [9.17, 15) is 19.2 Å². The normalized spacial score (nSPS) is 9.67. The largest absolute Gasteiger partial charge is 0.373 e. The van der Waals surface area contributed by atoms with Gasteiger partial charge in [0.2, 0.25) is 0 Å². The molecule has 0 radical (unpaired) electrons. The number of benzene rings is 1. The van der Waals surface area contributed by atoms with Crippen LogP contribution < -0.4 is 0 Å². The predicted molar refractivity (Wildman–Crippen MR) is 79.6 cm³/mol. The fourth-order valence-corrected chi connectivity index (χ4v) is 1.33. The molecule has 126 valence electrons. The monoisotopic (exact) mass is 334 g/mol. The second-order valence-corrected chi connectivity index (χ2v) is 4.15. The van der Waals surface area contributed by atoms with Gasteiger partial charge in [-0.05, 0) is 24.3 Å². The summed E-state index contributed by atoms with van der Waals surface area (Å²) in [6, 6.07) is 5.52. The lowest BCUT2D eigenvalue weighted by atomic mass is 10.1. The van der Waals surface area contributed by atoms with Gasteiger partial charge in [-0.1, -0.05) is 25.3 Å². The molecule has 0 unspecified atom stereocenters. The Labute approximate surface area is 137 Å². The minimum atomic E-state index is -1.01. The quantitative estimate of drug-likeness (QED) is 0.359. The minimum absolute atomic E-state index is 0.174. The smallest absolute Gasteiger partial charge is 0.292 e. The summed E-state index contributed by atoms with van der Waals surface area (Å²) >= 11 is 0. The molecule has 0 aliphatic heterocycles. The lowest BCUT2D eigenvalue weighted by molar-refractivity contribution is -0.237. The Bertz CT molecular complexity index is 605. The van der Waals surface area contributed by atoms with Crippen molar-refractivity contribution >= 4 is 23.5 Å². The topological polar surface area (TPSA) is 105 Å². The molecule has 0 aliphatic rings. The van der Waals surface area contributed by atoms with Crippen LogP contribution in [0.4, 0.5) is 0 Å². The van der Waals surface area contributed by atoms with Crippen molar-refractivity contribution in [3.63, 3.8) is 0 Å². The first-order chi connectivity index (χ1) is 11.5. The molecule has 0 fully saturated rings. The molecule has 1 aromatic carbocycles. The van der Waals surface area contributed by atoms with E-state index in [-0.39, 0.29) is 11.1 Å². The van der Waals surface area contributed by atoms with Crippen LogP contribution in [0.15, 0.2) is 49.6 Å². The molecule has 0 heterocycles. The van der Waals surface area contributed by atoms with Crippen molar-refractivity contribution in [1.29, 1.82) is 0 Å². The van der Waals surface area contributed by atoms with Gasteiger partial charge < -0.3 is 0 Å². The van der Waals surface area contributed by atoms with Crippen molar-refractivity contribution in [2.75, 3.05) is 13.2 Å². The highest BCUT2D eigenvalue weighted by atomic mass is 17.2. The number of rotatable bonds is 10. The van der Waals surface area contributed by atoms with Gasteiger partial charge >= 0.3 is 11.9 Å². The first-order valence-electron chi connectivity index (χ1n) is 6.56. The Kier molecular flexibility index (Phi) is 7.76. The van der Waals surface area contributed by atoms with Gasteiger partial charge in [0.05, 0.1) is 11.1 Å². The summed E-state index contributed by atoms with van der Waals surface area (Å²) in [5.41, 5.74) is -0.348. The molecule has 1 aromatic rings.